The third-order valence-corrected chi connectivity index (χ3v) is 4.59. The van der Waals surface area contributed by atoms with Gasteiger partial charge in [-0.3, -0.25) is 4.90 Å². The summed E-state index contributed by atoms with van der Waals surface area (Å²) in [5.74, 6) is 1.30. The zero-order valence-electron chi connectivity index (χ0n) is 12.7. The van der Waals surface area contributed by atoms with Crippen LogP contribution in [-0.4, -0.2) is 26.4 Å². The number of nitrogens with zero attached hydrogens (tertiary/aromatic N) is 4. The molecule has 122 valence electrons. The highest BCUT2D eigenvalue weighted by Gasteiger charge is 2.20. The first-order valence-corrected chi connectivity index (χ1v) is 8.36. The van der Waals surface area contributed by atoms with E-state index >= 15 is 0 Å². The van der Waals surface area contributed by atoms with Crippen LogP contribution in [0.1, 0.15) is 16.8 Å². The third kappa shape index (κ3) is 3.15. The maximum atomic E-state index is 6.18. The van der Waals surface area contributed by atoms with Crippen LogP contribution in [0.4, 0.5) is 0 Å². The van der Waals surface area contributed by atoms with Crippen molar-refractivity contribution in [3.05, 3.63) is 63.9 Å². The van der Waals surface area contributed by atoms with Gasteiger partial charge in [0.05, 0.1) is 12.0 Å². The molecule has 24 heavy (non-hydrogen) atoms. The maximum Gasteiger partial charge on any atom is 0.195 e. The third-order valence-electron chi connectivity index (χ3n) is 4.05. The molecular formula is C17H14Cl2N4O. The van der Waals surface area contributed by atoms with Gasteiger partial charge in [-0.1, -0.05) is 29.3 Å². The maximum absolute atomic E-state index is 6.18. The lowest BCUT2D eigenvalue weighted by atomic mass is 10.1. The molecule has 0 saturated heterocycles. The van der Waals surface area contributed by atoms with Gasteiger partial charge in [0.2, 0.25) is 0 Å². The number of rotatable bonds is 3. The standard InChI is InChI=1S/C17H14Cl2N4O/c18-15-4-3-12(16(19)22-15)9-23-6-5-11-8-20-17(21-13(11)10-23)14-2-1-7-24-14/h1-4,7-8H,5-6,9-10H2. The van der Waals surface area contributed by atoms with E-state index in [1.54, 1.807) is 12.3 Å². The quantitative estimate of drug-likeness (QED) is 0.660. The monoisotopic (exact) mass is 360 g/mol. The zero-order chi connectivity index (χ0) is 16.5. The Hall–Kier alpha value is -1.95. The smallest absolute Gasteiger partial charge is 0.195 e. The molecule has 0 atom stereocenters. The average molecular weight is 361 g/mol. The van der Waals surface area contributed by atoms with Crippen LogP contribution in [0.25, 0.3) is 11.6 Å². The Morgan fingerprint density at radius 1 is 1.17 bits per heavy atom. The number of aromatic nitrogens is 3. The molecule has 1 aliphatic rings. The van der Waals surface area contributed by atoms with Crippen molar-refractivity contribution in [1.29, 1.82) is 0 Å². The molecule has 1 aliphatic heterocycles. The molecule has 0 amide bonds. The van der Waals surface area contributed by atoms with Crippen molar-refractivity contribution in [3.8, 4) is 11.6 Å². The summed E-state index contributed by atoms with van der Waals surface area (Å²) in [6, 6.07) is 7.38. The van der Waals surface area contributed by atoms with Crippen molar-refractivity contribution in [2.75, 3.05) is 6.54 Å². The largest absolute Gasteiger partial charge is 0.461 e. The van der Waals surface area contributed by atoms with Crippen molar-refractivity contribution < 1.29 is 4.42 Å². The average Bonchev–Trinajstić information content (AvgIpc) is 3.11. The first-order chi connectivity index (χ1) is 11.7. The van der Waals surface area contributed by atoms with E-state index in [0.717, 1.165) is 30.8 Å². The molecular weight excluding hydrogens is 347 g/mol. The second kappa shape index (κ2) is 6.51. The van der Waals surface area contributed by atoms with Crippen molar-refractivity contribution in [2.45, 2.75) is 19.5 Å². The van der Waals surface area contributed by atoms with Crippen molar-refractivity contribution >= 4 is 23.2 Å². The van der Waals surface area contributed by atoms with Gasteiger partial charge in [-0.2, -0.15) is 0 Å². The first kappa shape index (κ1) is 15.6. The van der Waals surface area contributed by atoms with Crippen LogP contribution in [0.2, 0.25) is 10.3 Å². The van der Waals surface area contributed by atoms with Gasteiger partial charge in [-0.25, -0.2) is 15.0 Å². The van der Waals surface area contributed by atoms with E-state index in [1.165, 1.54) is 5.56 Å². The van der Waals surface area contributed by atoms with Crippen LogP contribution < -0.4 is 0 Å². The van der Waals surface area contributed by atoms with E-state index in [9.17, 15) is 0 Å². The molecule has 4 heterocycles. The van der Waals surface area contributed by atoms with Crippen LogP contribution >= 0.6 is 23.2 Å². The van der Waals surface area contributed by atoms with E-state index in [-0.39, 0.29) is 0 Å². The molecule has 0 aliphatic carbocycles. The summed E-state index contributed by atoms with van der Waals surface area (Å²) in [4.78, 5) is 15.5. The Balaban J connectivity index is 1.55. The topological polar surface area (TPSA) is 55.1 Å². The van der Waals surface area contributed by atoms with E-state index in [2.05, 4.69) is 19.9 Å². The van der Waals surface area contributed by atoms with Gasteiger partial charge < -0.3 is 4.42 Å². The Bertz CT molecular complexity index is 867. The molecule has 0 N–H and O–H groups in total. The fraction of sp³-hybridized carbons (Fsp3) is 0.235. The lowest BCUT2D eigenvalue weighted by Crippen LogP contribution is -2.31. The van der Waals surface area contributed by atoms with E-state index in [4.69, 9.17) is 27.6 Å². The van der Waals surface area contributed by atoms with Crippen molar-refractivity contribution in [2.24, 2.45) is 0 Å². The fourth-order valence-electron chi connectivity index (χ4n) is 2.82. The molecule has 0 radical (unpaired) electrons. The Morgan fingerprint density at radius 2 is 2.08 bits per heavy atom. The van der Waals surface area contributed by atoms with Gasteiger partial charge in [-0.05, 0) is 30.2 Å². The van der Waals surface area contributed by atoms with Crippen LogP contribution in [-0.2, 0) is 19.5 Å². The summed E-state index contributed by atoms with van der Waals surface area (Å²) < 4.78 is 5.38. The van der Waals surface area contributed by atoms with Crippen molar-refractivity contribution in [3.63, 3.8) is 0 Å². The second-order valence-corrected chi connectivity index (χ2v) is 6.43. The Kier molecular flexibility index (Phi) is 4.22. The molecule has 4 rings (SSSR count). The lowest BCUT2D eigenvalue weighted by molar-refractivity contribution is 0.241. The molecule has 0 aromatic carbocycles. The van der Waals surface area contributed by atoms with Gasteiger partial charge >= 0.3 is 0 Å². The van der Waals surface area contributed by atoms with Gasteiger partial charge in [0, 0.05) is 31.4 Å². The van der Waals surface area contributed by atoms with E-state index < -0.39 is 0 Å². The minimum Gasteiger partial charge on any atom is -0.461 e. The Morgan fingerprint density at radius 3 is 2.88 bits per heavy atom. The highest BCUT2D eigenvalue weighted by Crippen LogP contribution is 2.24. The molecule has 7 heteroatoms. The predicted molar refractivity (Wildman–Crippen MR) is 91.8 cm³/mol. The van der Waals surface area contributed by atoms with Crippen molar-refractivity contribution in [1.82, 2.24) is 19.9 Å². The summed E-state index contributed by atoms with van der Waals surface area (Å²) in [7, 11) is 0. The molecule has 0 spiro atoms. The SMILES string of the molecule is Clc1ccc(CN2CCc3cnc(-c4ccco4)nc3C2)c(Cl)n1. The van der Waals surface area contributed by atoms with E-state index in [1.807, 2.05) is 24.4 Å². The van der Waals surface area contributed by atoms with Gasteiger partial charge in [0.15, 0.2) is 11.6 Å². The highest BCUT2D eigenvalue weighted by atomic mass is 35.5. The summed E-state index contributed by atoms with van der Waals surface area (Å²) in [6.45, 7) is 2.38. The minimum absolute atomic E-state index is 0.406. The second-order valence-electron chi connectivity index (χ2n) is 5.69. The number of pyridine rings is 1. The molecule has 3 aromatic heterocycles. The van der Waals surface area contributed by atoms with Gasteiger partial charge in [0.1, 0.15) is 10.3 Å². The molecule has 0 bridgehead atoms. The van der Waals surface area contributed by atoms with Crippen LogP contribution in [0, 0.1) is 0 Å². The van der Waals surface area contributed by atoms with Crippen LogP contribution in [0.15, 0.2) is 41.1 Å². The molecule has 0 fully saturated rings. The lowest BCUT2D eigenvalue weighted by Gasteiger charge is -2.28. The van der Waals surface area contributed by atoms with E-state index in [0.29, 0.717) is 28.4 Å². The summed E-state index contributed by atoms with van der Waals surface area (Å²) in [5, 5.41) is 0.857. The number of fused-ring (bicyclic) bond motifs is 1. The molecule has 5 nitrogen and oxygen atoms in total. The predicted octanol–water partition coefficient (Wildman–Crippen LogP) is 4.00. The van der Waals surface area contributed by atoms with Crippen LogP contribution in [0.3, 0.4) is 0 Å². The molecule has 0 saturated carbocycles. The number of hydrogen-bond donors (Lipinski definition) is 0. The minimum atomic E-state index is 0.406. The van der Waals surface area contributed by atoms with Gasteiger partial charge in [-0.15, -0.1) is 0 Å². The van der Waals surface area contributed by atoms with Gasteiger partial charge in [0.25, 0.3) is 0 Å². The summed E-state index contributed by atoms with van der Waals surface area (Å²) in [5.41, 5.74) is 3.17. The first-order valence-electron chi connectivity index (χ1n) is 7.61. The number of hydrogen-bond acceptors (Lipinski definition) is 5. The fourth-order valence-corrected chi connectivity index (χ4v) is 3.22. The summed E-state index contributed by atoms with van der Waals surface area (Å²) in [6.07, 6.45) is 4.43. The Labute approximate surface area is 149 Å². The molecule has 0 unspecified atom stereocenters. The number of halogens is 2. The van der Waals surface area contributed by atoms with Crippen LogP contribution in [0.5, 0.6) is 0 Å². The highest BCUT2D eigenvalue weighted by molar-refractivity contribution is 6.32. The molecule has 3 aromatic rings. The zero-order valence-corrected chi connectivity index (χ0v) is 14.3. The number of furan rings is 1. The summed E-state index contributed by atoms with van der Waals surface area (Å²) >= 11 is 12.0. The normalized spacial score (nSPS) is 14.6.